The summed E-state index contributed by atoms with van der Waals surface area (Å²) >= 11 is 0. The minimum atomic E-state index is -0.455. The molecule has 2 heterocycles. The highest BCUT2D eigenvalue weighted by molar-refractivity contribution is 5.90. The van der Waals surface area contributed by atoms with E-state index in [-0.39, 0.29) is 11.8 Å². The van der Waals surface area contributed by atoms with Gasteiger partial charge in [-0.1, -0.05) is 5.21 Å². The highest BCUT2D eigenvalue weighted by Crippen LogP contribution is 2.29. The summed E-state index contributed by atoms with van der Waals surface area (Å²) in [6.45, 7) is 1.97. The predicted molar refractivity (Wildman–Crippen MR) is 79.1 cm³/mol. The molecule has 0 saturated heterocycles. The monoisotopic (exact) mass is 302 g/mol. The van der Waals surface area contributed by atoms with Crippen molar-refractivity contribution in [3.8, 4) is 5.75 Å². The van der Waals surface area contributed by atoms with Gasteiger partial charge in [0.25, 0.3) is 0 Å². The van der Waals surface area contributed by atoms with Crippen LogP contribution in [-0.4, -0.2) is 32.1 Å². The molecule has 1 aromatic carbocycles. The number of halogens is 1. The molecule has 0 saturated carbocycles. The highest BCUT2D eigenvalue weighted by atomic mass is 19.1. The standard InChI is InChI=1S/C14H15FN6O/c1-8(12-6-18-20-21(12)2)19-14-9-4-13(22-3)10(15)5-11(9)16-7-17-14/h4-8H,1-3H3,(H,16,17,19)/t8-/m1/s1. The van der Waals surface area contributed by atoms with Crippen molar-refractivity contribution in [3.05, 3.63) is 36.2 Å². The Balaban J connectivity index is 2.02. The van der Waals surface area contributed by atoms with E-state index in [1.807, 2.05) is 14.0 Å². The van der Waals surface area contributed by atoms with Gasteiger partial charge >= 0.3 is 0 Å². The third kappa shape index (κ3) is 2.43. The number of benzene rings is 1. The first-order chi connectivity index (χ1) is 10.6. The van der Waals surface area contributed by atoms with Crippen molar-refractivity contribution in [2.45, 2.75) is 13.0 Å². The van der Waals surface area contributed by atoms with Crippen LogP contribution in [0.5, 0.6) is 5.75 Å². The second kappa shape index (κ2) is 5.55. The number of methoxy groups -OCH3 is 1. The van der Waals surface area contributed by atoms with Crippen LogP contribution in [0.25, 0.3) is 10.9 Å². The molecule has 0 spiro atoms. The second-order valence-electron chi connectivity index (χ2n) is 4.87. The van der Waals surface area contributed by atoms with Crippen LogP contribution in [-0.2, 0) is 7.05 Å². The first-order valence-electron chi connectivity index (χ1n) is 6.69. The van der Waals surface area contributed by atoms with Crippen LogP contribution in [0, 0.1) is 5.82 Å². The maximum absolute atomic E-state index is 13.8. The minimum absolute atomic E-state index is 0.0749. The highest BCUT2D eigenvalue weighted by Gasteiger charge is 2.14. The van der Waals surface area contributed by atoms with Gasteiger partial charge in [-0.2, -0.15) is 0 Å². The summed E-state index contributed by atoms with van der Waals surface area (Å²) in [6, 6.07) is 2.84. The summed E-state index contributed by atoms with van der Waals surface area (Å²) in [5.74, 6) is 0.292. The van der Waals surface area contributed by atoms with Crippen LogP contribution < -0.4 is 10.1 Å². The zero-order valence-electron chi connectivity index (χ0n) is 12.4. The van der Waals surface area contributed by atoms with Gasteiger partial charge in [0.15, 0.2) is 11.6 Å². The van der Waals surface area contributed by atoms with E-state index >= 15 is 0 Å². The van der Waals surface area contributed by atoms with E-state index in [1.54, 1.807) is 16.9 Å². The topological polar surface area (TPSA) is 77.8 Å². The van der Waals surface area contributed by atoms with Crippen molar-refractivity contribution in [2.75, 3.05) is 12.4 Å². The molecule has 1 atom stereocenters. The quantitative estimate of drug-likeness (QED) is 0.795. The molecule has 0 aliphatic carbocycles. The van der Waals surface area contributed by atoms with Gasteiger partial charge < -0.3 is 10.1 Å². The third-order valence-corrected chi connectivity index (χ3v) is 3.46. The van der Waals surface area contributed by atoms with Crippen LogP contribution in [0.15, 0.2) is 24.7 Å². The summed E-state index contributed by atoms with van der Waals surface area (Å²) in [5, 5.41) is 11.7. The number of nitrogens with zero attached hydrogens (tertiary/aromatic N) is 5. The maximum atomic E-state index is 13.8. The molecule has 0 bridgehead atoms. The number of anilines is 1. The van der Waals surface area contributed by atoms with Gasteiger partial charge in [0, 0.05) is 18.5 Å². The average molecular weight is 302 g/mol. The van der Waals surface area contributed by atoms with E-state index in [9.17, 15) is 4.39 Å². The lowest BCUT2D eigenvalue weighted by Gasteiger charge is -2.15. The normalized spacial score (nSPS) is 12.4. The Labute approximate surface area is 126 Å². The smallest absolute Gasteiger partial charge is 0.167 e. The number of hydrogen-bond donors (Lipinski definition) is 1. The molecule has 0 aliphatic heterocycles. The molecule has 22 heavy (non-hydrogen) atoms. The van der Waals surface area contributed by atoms with Gasteiger partial charge in [-0.05, 0) is 13.0 Å². The Hall–Kier alpha value is -2.77. The molecular weight excluding hydrogens is 287 g/mol. The molecule has 0 aliphatic rings. The number of aromatic nitrogens is 5. The van der Waals surface area contributed by atoms with Gasteiger partial charge in [-0.25, -0.2) is 14.4 Å². The molecule has 0 unspecified atom stereocenters. The fraction of sp³-hybridized carbons (Fsp3) is 0.286. The molecule has 7 nitrogen and oxygen atoms in total. The van der Waals surface area contributed by atoms with Crippen LogP contribution >= 0.6 is 0 Å². The Morgan fingerprint density at radius 3 is 2.82 bits per heavy atom. The van der Waals surface area contributed by atoms with Crippen molar-refractivity contribution < 1.29 is 9.13 Å². The SMILES string of the molecule is COc1cc2c(N[C@H](C)c3cnnn3C)ncnc2cc1F. The van der Waals surface area contributed by atoms with E-state index in [0.717, 1.165) is 5.69 Å². The fourth-order valence-corrected chi connectivity index (χ4v) is 2.30. The molecule has 2 aromatic heterocycles. The molecular formula is C14H15FN6O. The third-order valence-electron chi connectivity index (χ3n) is 3.46. The van der Waals surface area contributed by atoms with Gasteiger partial charge in [0.1, 0.15) is 12.1 Å². The lowest BCUT2D eigenvalue weighted by Crippen LogP contribution is -2.12. The second-order valence-corrected chi connectivity index (χ2v) is 4.87. The molecule has 8 heteroatoms. The number of nitrogens with one attached hydrogen (secondary N) is 1. The summed E-state index contributed by atoms with van der Waals surface area (Å²) in [6.07, 6.45) is 3.08. The van der Waals surface area contributed by atoms with Gasteiger partial charge in [0.2, 0.25) is 0 Å². The molecule has 114 valence electrons. The van der Waals surface area contributed by atoms with Gasteiger partial charge in [-0.15, -0.1) is 5.10 Å². The van der Waals surface area contributed by atoms with Crippen LogP contribution in [0.1, 0.15) is 18.7 Å². The van der Waals surface area contributed by atoms with Crippen molar-refractivity contribution in [1.29, 1.82) is 0 Å². The van der Waals surface area contributed by atoms with Crippen LogP contribution in [0.4, 0.5) is 10.2 Å². The Kier molecular flexibility index (Phi) is 3.58. The summed E-state index contributed by atoms with van der Waals surface area (Å²) in [7, 11) is 3.24. The summed E-state index contributed by atoms with van der Waals surface area (Å²) < 4.78 is 20.5. The van der Waals surface area contributed by atoms with E-state index in [2.05, 4.69) is 25.6 Å². The maximum Gasteiger partial charge on any atom is 0.167 e. The number of rotatable bonds is 4. The lowest BCUT2D eigenvalue weighted by atomic mass is 10.2. The van der Waals surface area contributed by atoms with E-state index < -0.39 is 5.82 Å². The van der Waals surface area contributed by atoms with Crippen molar-refractivity contribution >= 4 is 16.7 Å². The zero-order valence-corrected chi connectivity index (χ0v) is 12.4. The number of fused-ring (bicyclic) bond motifs is 1. The van der Waals surface area contributed by atoms with Crippen molar-refractivity contribution in [3.63, 3.8) is 0 Å². The fourth-order valence-electron chi connectivity index (χ4n) is 2.30. The van der Waals surface area contributed by atoms with E-state index in [1.165, 1.54) is 19.5 Å². The molecule has 0 fully saturated rings. The summed E-state index contributed by atoms with van der Waals surface area (Å²) in [5.41, 5.74) is 1.41. The first kappa shape index (κ1) is 14.2. The Bertz CT molecular complexity index is 818. The molecule has 3 rings (SSSR count). The average Bonchev–Trinajstić information content (AvgIpc) is 2.93. The zero-order chi connectivity index (χ0) is 15.7. The Morgan fingerprint density at radius 1 is 1.32 bits per heavy atom. The van der Waals surface area contributed by atoms with Crippen molar-refractivity contribution in [2.24, 2.45) is 7.05 Å². The van der Waals surface area contributed by atoms with Gasteiger partial charge in [-0.3, -0.25) is 4.68 Å². The van der Waals surface area contributed by atoms with Crippen LogP contribution in [0.3, 0.4) is 0 Å². The number of ether oxygens (including phenoxy) is 1. The van der Waals surface area contributed by atoms with Gasteiger partial charge in [0.05, 0.1) is 30.6 Å². The summed E-state index contributed by atoms with van der Waals surface area (Å²) in [4.78, 5) is 8.33. The first-order valence-corrected chi connectivity index (χ1v) is 6.69. The van der Waals surface area contributed by atoms with E-state index in [4.69, 9.17) is 4.74 Å². The molecule has 1 N–H and O–H groups in total. The molecule has 3 aromatic rings. The van der Waals surface area contributed by atoms with E-state index in [0.29, 0.717) is 16.7 Å². The number of aryl methyl sites for hydroxylation is 1. The van der Waals surface area contributed by atoms with Crippen LogP contribution in [0.2, 0.25) is 0 Å². The van der Waals surface area contributed by atoms with Crippen molar-refractivity contribution in [1.82, 2.24) is 25.0 Å². The Morgan fingerprint density at radius 2 is 2.14 bits per heavy atom. The predicted octanol–water partition coefficient (Wildman–Crippen LogP) is 2.08. The lowest BCUT2D eigenvalue weighted by molar-refractivity contribution is 0.387. The molecule has 0 amide bonds. The number of hydrogen-bond acceptors (Lipinski definition) is 6. The largest absolute Gasteiger partial charge is 0.494 e. The molecule has 0 radical (unpaired) electrons. The minimum Gasteiger partial charge on any atom is -0.494 e.